The fraction of sp³-hybridized carbons (Fsp3) is 0.167. The molecule has 0 aliphatic carbocycles. The Kier molecular flexibility index (Phi) is 5.04. The summed E-state index contributed by atoms with van der Waals surface area (Å²) in [7, 11) is 1.49. The van der Waals surface area contributed by atoms with Crippen LogP contribution in [0.15, 0.2) is 47.8 Å². The fourth-order valence-corrected chi connectivity index (χ4v) is 3.69. The summed E-state index contributed by atoms with van der Waals surface area (Å²) in [6.45, 7) is 0.106. The molecule has 0 saturated heterocycles. The molecule has 1 atom stereocenters. The van der Waals surface area contributed by atoms with Crippen molar-refractivity contribution in [2.45, 2.75) is 6.10 Å². The Labute approximate surface area is 148 Å². The highest BCUT2D eigenvalue weighted by atomic mass is 35.5. The van der Waals surface area contributed by atoms with Crippen molar-refractivity contribution < 1.29 is 14.6 Å². The molecule has 1 aromatic heterocycles. The van der Waals surface area contributed by atoms with Crippen molar-refractivity contribution in [1.29, 1.82) is 0 Å². The summed E-state index contributed by atoms with van der Waals surface area (Å²) in [5.74, 6) is 0.0975. The first-order valence-electron chi connectivity index (χ1n) is 7.36. The lowest BCUT2D eigenvalue weighted by atomic mass is 10.1. The van der Waals surface area contributed by atoms with E-state index in [0.717, 1.165) is 15.6 Å². The molecule has 3 rings (SSSR count). The number of rotatable bonds is 5. The predicted octanol–water partition coefficient (Wildman–Crippen LogP) is 4.03. The number of aliphatic hydroxyl groups is 1. The molecular formula is C18H16ClNO3S. The summed E-state index contributed by atoms with van der Waals surface area (Å²) in [6, 6.07) is 12.7. The highest BCUT2D eigenvalue weighted by Gasteiger charge is 2.17. The van der Waals surface area contributed by atoms with E-state index in [1.54, 1.807) is 29.5 Å². The third-order valence-electron chi connectivity index (χ3n) is 3.73. The minimum Gasteiger partial charge on any atom is -0.496 e. The van der Waals surface area contributed by atoms with Crippen molar-refractivity contribution in [2.24, 2.45) is 0 Å². The third kappa shape index (κ3) is 3.38. The van der Waals surface area contributed by atoms with Crippen LogP contribution in [-0.2, 0) is 0 Å². The smallest absolute Gasteiger partial charge is 0.255 e. The first kappa shape index (κ1) is 16.8. The lowest BCUT2D eigenvalue weighted by molar-refractivity contribution is 0.0914. The van der Waals surface area contributed by atoms with Crippen LogP contribution in [0.4, 0.5) is 0 Å². The van der Waals surface area contributed by atoms with E-state index >= 15 is 0 Å². The van der Waals surface area contributed by atoms with Gasteiger partial charge in [0.2, 0.25) is 0 Å². The molecule has 1 amide bonds. The molecule has 2 aromatic carbocycles. The van der Waals surface area contributed by atoms with Crippen molar-refractivity contribution in [2.75, 3.05) is 13.7 Å². The molecule has 1 heterocycles. The molecule has 3 aromatic rings. The number of nitrogens with one attached hydrogen (secondary N) is 1. The number of methoxy groups -OCH3 is 1. The van der Waals surface area contributed by atoms with E-state index in [0.29, 0.717) is 16.3 Å². The molecule has 0 radical (unpaired) electrons. The maximum absolute atomic E-state index is 12.4. The zero-order valence-electron chi connectivity index (χ0n) is 13.0. The van der Waals surface area contributed by atoms with Crippen LogP contribution >= 0.6 is 22.9 Å². The number of fused-ring (bicyclic) bond motifs is 1. The molecule has 2 N–H and O–H groups in total. The number of thiophene rings is 1. The highest BCUT2D eigenvalue weighted by Crippen LogP contribution is 2.30. The van der Waals surface area contributed by atoms with E-state index in [1.807, 2.05) is 29.6 Å². The highest BCUT2D eigenvalue weighted by molar-refractivity contribution is 7.17. The van der Waals surface area contributed by atoms with Crippen molar-refractivity contribution >= 4 is 38.9 Å². The van der Waals surface area contributed by atoms with Gasteiger partial charge in [-0.3, -0.25) is 4.79 Å². The second kappa shape index (κ2) is 7.21. The van der Waals surface area contributed by atoms with Crippen LogP contribution in [0, 0.1) is 0 Å². The Hall–Kier alpha value is -2.08. The monoisotopic (exact) mass is 361 g/mol. The summed E-state index contributed by atoms with van der Waals surface area (Å²) in [5.41, 5.74) is 1.15. The van der Waals surface area contributed by atoms with Crippen LogP contribution in [0.1, 0.15) is 22.0 Å². The number of aliphatic hydroxyl groups excluding tert-OH is 1. The second-order valence-electron chi connectivity index (χ2n) is 5.26. The lowest BCUT2D eigenvalue weighted by Crippen LogP contribution is -2.28. The van der Waals surface area contributed by atoms with Gasteiger partial charge in [0.25, 0.3) is 5.91 Å². The molecule has 124 valence electrons. The standard InChI is InChI=1S/C18H16ClNO3S/c1-23-16-7-6-11(19)8-13(16)18(22)20-9-15(21)14-10-24-17-5-3-2-4-12(14)17/h2-8,10,15,21H,9H2,1H3,(H,20,22). The first-order valence-corrected chi connectivity index (χ1v) is 8.62. The van der Waals surface area contributed by atoms with Crippen molar-refractivity contribution in [3.8, 4) is 5.75 Å². The number of amides is 1. The summed E-state index contributed by atoms with van der Waals surface area (Å²) >= 11 is 7.51. The van der Waals surface area contributed by atoms with Gasteiger partial charge in [-0.1, -0.05) is 29.8 Å². The number of carbonyl (C=O) groups is 1. The predicted molar refractivity (Wildman–Crippen MR) is 97.1 cm³/mol. The van der Waals surface area contributed by atoms with Crippen LogP contribution in [0.25, 0.3) is 10.1 Å². The quantitative estimate of drug-likeness (QED) is 0.721. The van der Waals surface area contributed by atoms with Gasteiger partial charge >= 0.3 is 0 Å². The summed E-state index contributed by atoms with van der Waals surface area (Å²) in [5, 5.41) is 16.5. The number of halogens is 1. The fourth-order valence-electron chi connectivity index (χ4n) is 2.51. The van der Waals surface area contributed by atoms with Crippen LogP contribution < -0.4 is 10.1 Å². The van der Waals surface area contributed by atoms with Crippen LogP contribution in [-0.4, -0.2) is 24.7 Å². The third-order valence-corrected chi connectivity index (χ3v) is 4.95. The average Bonchev–Trinajstić information content (AvgIpc) is 3.03. The van der Waals surface area contributed by atoms with Gasteiger partial charge in [-0.25, -0.2) is 0 Å². The Morgan fingerprint density at radius 1 is 1.33 bits per heavy atom. The van der Waals surface area contributed by atoms with Gasteiger partial charge in [-0.15, -0.1) is 11.3 Å². The molecule has 6 heteroatoms. The summed E-state index contributed by atoms with van der Waals surface area (Å²) in [6.07, 6.45) is -0.782. The molecule has 1 unspecified atom stereocenters. The van der Waals surface area contributed by atoms with Gasteiger partial charge in [0, 0.05) is 21.8 Å². The number of hydrogen-bond donors (Lipinski definition) is 2. The van der Waals surface area contributed by atoms with E-state index in [1.165, 1.54) is 7.11 Å². The van der Waals surface area contributed by atoms with Gasteiger partial charge < -0.3 is 15.2 Å². The van der Waals surface area contributed by atoms with Crippen LogP contribution in [0.3, 0.4) is 0 Å². The Bertz CT molecular complexity index is 878. The average molecular weight is 362 g/mol. The Morgan fingerprint density at radius 3 is 2.92 bits per heavy atom. The number of benzene rings is 2. The second-order valence-corrected chi connectivity index (χ2v) is 6.61. The van der Waals surface area contributed by atoms with Gasteiger partial charge in [0.15, 0.2) is 0 Å². The normalized spacial score (nSPS) is 12.1. The van der Waals surface area contributed by atoms with E-state index in [2.05, 4.69) is 5.32 Å². The molecule has 0 fully saturated rings. The minimum absolute atomic E-state index is 0.106. The van der Waals surface area contributed by atoms with Crippen molar-refractivity contribution in [1.82, 2.24) is 5.32 Å². The molecule has 4 nitrogen and oxygen atoms in total. The molecular weight excluding hydrogens is 346 g/mol. The van der Waals surface area contributed by atoms with Gasteiger partial charge in [0.05, 0.1) is 18.8 Å². The van der Waals surface area contributed by atoms with E-state index in [9.17, 15) is 9.90 Å². The van der Waals surface area contributed by atoms with Gasteiger partial charge in [-0.2, -0.15) is 0 Å². The maximum atomic E-state index is 12.4. The number of ether oxygens (including phenoxy) is 1. The van der Waals surface area contributed by atoms with Crippen molar-refractivity contribution in [3.05, 3.63) is 64.0 Å². The molecule has 0 bridgehead atoms. The topological polar surface area (TPSA) is 58.6 Å². The first-order chi connectivity index (χ1) is 11.6. The zero-order chi connectivity index (χ0) is 17.1. The summed E-state index contributed by atoms with van der Waals surface area (Å²) in [4.78, 5) is 12.4. The molecule has 0 saturated carbocycles. The summed E-state index contributed by atoms with van der Waals surface area (Å²) < 4.78 is 6.28. The van der Waals surface area contributed by atoms with Gasteiger partial charge in [0.1, 0.15) is 5.75 Å². The Balaban J connectivity index is 1.73. The molecule has 0 aliphatic rings. The van der Waals surface area contributed by atoms with E-state index in [4.69, 9.17) is 16.3 Å². The van der Waals surface area contributed by atoms with Crippen LogP contribution in [0.5, 0.6) is 5.75 Å². The SMILES string of the molecule is COc1ccc(Cl)cc1C(=O)NCC(O)c1csc2ccccc12. The van der Waals surface area contributed by atoms with Gasteiger partial charge in [-0.05, 0) is 35.0 Å². The number of hydrogen-bond acceptors (Lipinski definition) is 4. The molecule has 0 spiro atoms. The molecule has 0 aliphatic heterocycles. The maximum Gasteiger partial charge on any atom is 0.255 e. The Morgan fingerprint density at radius 2 is 2.12 bits per heavy atom. The van der Waals surface area contributed by atoms with Crippen LogP contribution in [0.2, 0.25) is 5.02 Å². The molecule has 24 heavy (non-hydrogen) atoms. The zero-order valence-corrected chi connectivity index (χ0v) is 14.5. The van der Waals surface area contributed by atoms with E-state index in [-0.39, 0.29) is 12.5 Å². The van der Waals surface area contributed by atoms with Crippen molar-refractivity contribution in [3.63, 3.8) is 0 Å². The largest absolute Gasteiger partial charge is 0.496 e. The van der Waals surface area contributed by atoms with E-state index < -0.39 is 6.10 Å². The minimum atomic E-state index is -0.782. The number of carbonyl (C=O) groups excluding carboxylic acids is 1. The lowest BCUT2D eigenvalue weighted by Gasteiger charge is -2.13.